The maximum absolute atomic E-state index is 9.97. The van der Waals surface area contributed by atoms with Crippen LogP contribution in [0.2, 0.25) is 0 Å². The zero-order valence-corrected chi connectivity index (χ0v) is 17.9. The molecule has 0 saturated heterocycles. The molecule has 0 rings (SSSR count). The fraction of sp³-hybridized carbons (Fsp3) is 0.875. The maximum atomic E-state index is 9.97. The van der Waals surface area contributed by atoms with Gasteiger partial charge in [-0.1, -0.05) is 84.2 Å². The second-order valence-corrected chi connectivity index (χ2v) is 9.93. The van der Waals surface area contributed by atoms with Gasteiger partial charge in [0.15, 0.2) is 0 Å². The molecule has 2 N–H and O–H groups in total. The summed E-state index contributed by atoms with van der Waals surface area (Å²) < 4.78 is -1.54. The molecule has 0 fully saturated rings. The molecule has 22 heavy (non-hydrogen) atoms. The van der Waals surface area contributed by atoms with Gasteiger partial charge >= 0.3 is 11.9 Å². The smallest absolute Gasteiger partial charge is 0.319 e. The topological polar surface area (TPSA) is 74.6 Å². The highest BCUT2D eigenvalue weighted by atomic mass is 79.9. The van der Waals surface area contributed by atoms with E-state index >= 15 is 0 Å². The third kappa shape index (κ3) is 24.9. The highest BCUT2D eigenvalue weighted by Gasteiger charge is 2.22. The van der Waals surface area contributed by atoms with Gasteiger partial charge in [-0.05, 0) is 27.7 Å². The minimum atomic E-state index is -0.840. The molecule has 0 unspecified atom stereocenters. The van der Waals surface area contributed by atoms with Gasteiger partial charge in [-0.25, -0.2) is 0 Å². The molecule has 0 saturated carbocycles. The van der Waals surface area contributed by atoms with Gasteiger partial charge in [0.1, 0.15) is 8.65 Å². The lowest BCUT2D eigenvalue weighted by atomic mass is 10.1. The third-order valence-electron chi connectivity index (χ3n) is 2.47. The van der Waals surface area contributed by atoms with Crippen LogP contribution in [-0.4, -0.2) is 30.8 Å². The first-order valence-electron chi connectivity index (χ1n) is 7.65. The molecule has 0 aliphatic heterocycles. The summed E-state index contributed by atoms with van der Waals surface area (Å²) in [4.78, 5) is 19.9. The molecule has 0 heterocycles. The van der Waals surface area contributed by atoms with Crippen molar-refractivity contribution in [2.45, 2.75) is 88.7 Å². The Labute approximate surface area is 152 Å². The van der Waals surface area contributed by atoms with Crippen LogP contribution >= 0.6 is 31.9 Å². The van der Waals surface area contributed by atoms with Gasteiger partial charge in [-0.15, -0.1) is 0 Å². The minimum absolute atomic E-state index is 0.771. The molecule has 6 heteroatoms. The first kappa shape index (κ1) is 26.8. The van der Waals surface area contributed by atoms with Gasteiger partial charge in [0.25, 0.3) is 0 Å². The van der Waals surface area contributed by atoms with Crippen molar-refractivity contribution >= 4 is 43.8 Å². The number of unbranched alkanes of at least 4 members (excludes halogenated alkanes) is 5. The predicted molar refractivity (Wildman–Crippen MR) is 100 cm³/mol. The summed E-state index contributed by atoms with van der Waals surface area (Å²) in [5.74, 6) is -1.68. The quantitative estimate of drug-likeness (QED) is 0.378. The molecule has 4 nitrogen and oxygen atoms in total. The second-order valence-electron chi connectivity index (χ2n) is 5.97. The number of carbonyl (C=O) groups is 2. The van der Waals surface area contributed by atoms with E-state index in [9.17, 15) is 9.59 Å². The normalized spacial score (nSPS) is 10.7. The molecular formula is C16H32Br2O4. The van der Waals surface area contributed by atoms with E-state index in [4.69, 9.17) is 10.2 Å². The molecule has 0 spiro atoms. The molecule has 0 amide bonds. The van der Waals surface area contributed by atoms with E-state index in [0.29, 0.717) is 0 Å². The molecule has 134 valence electrons. The van der Waals surface area contributed by atoms with Gasteiger partial charge in [-0.2, -0.15) is 0 Å². The van der Waals surface area contributed by atoms with Gasteiger partial charge in [0.05, 0.1) is 0 Å². The standard InChI is InChI=1S/C8H18.2C4H7BrO2/c1-3-5-7-8-6-4-2;2*1-4(2,5)3(6)7/h3-8H2,1-2H3;2*1-2H3,(H,6,7). The van der Waals surface area contributed by atoms with Crippen molar-refractivity contribution in [2.24, 2.45) is 0 Å². The Balaban J connectivity index is -0.000000247. The molecular weight excluding hydrogens is 416 g/mol. The van der Waals surface area contributed by atoms with Crippen LogP contribution in [0, 0.1) is 0 Å². The summed E-state index contributed by atoms with van der Waals surface area (Å²) in [6.07, 6.45) is 8.49. The Morgan fingerprint density at radius 2 is 0.909 bits per heavy atom. The third-order valence-corrected chi connectivity index (χ3v) is 3.15. The second kappa shape index (κ2) is 14.5. The molecule has 0 bridgehead atoms. The molecule has 0 radical (unpaired) electrons. The highest BCUT2D eigenvalue weighted by molar-refractivity contribution is 9.10. The molecule has 0 atom stereocenters. The van der Waals surface area contributed by atoms with Crippen molar-refractivity contribution in [3.8, 4) is 0 Å². The summed E-state index contributed by atoms with van der Waals surface area (Å²) in [5, 5.41) is 16.4. The van der Waals surface area contributed by atoms with Crippen LogP contribution in [0.4, 0.5) is 0 Å². The Bertz CT molecular complexity index is 262. The zero-order valence-electron chi connectivity index (χ0n) is 14.7. The fourth-order valence-corrected chi connectivity index (χ4v) is 0.854. The number of carboxylic acid groups (broad SMARTS) is 2. The number of halogens is 2. The average Bonchev–Trinajstić information content (AvgIpc) is 2.34. The lowest BCUT2D eigenvalue weighted by Gasteiger charge is -2.06. The van der Waals surface area contributed by atoms with Crippen LogP contribution in [0.1, 0.15) is 80.1 Å². The van der Waals surface area contributed by atoms with E-state index in [-0.39, 0.29) is 0 Å². The Hall–Kier alpha value is -0.100. The number of carboxylic acids is 2. The molecule has 0 aromatic carbocycles. The number of hydrogen-bond donors (Lipinski definition) is 2. The largest absolute Gasteiger partial charge is 0.480 e. The van der Waals surface area contributed by atoms with Crippen LogP contribution in [0.15, 0.2) is 0 Å². The van der Waals surface area contributed by atoms with E-state index in [2.05, 4.69) is 45.7 Å². The van der Waals surface area contributed by atoms with E-state index in [1.807, 2.05) is 0 Å². The number of hydrogen-bond acceptors (Lipinski definition) is 2. The SMILES string of the molecule is CC(C)(Br)C(=O)O.CC(C)(Br)C(=O)O.CCCCCCCC. The van der Waals surface area contributed by atoms with Crippen molar-refractivity contribution in [3.05, 3.63) is 0 Å². The summed E-state index contributed by atoms with van der Waals surface area (Å²) in [6.45, 7) is 10.8. The fourth-order valence-electron chi connectivity index (χ4n) is 0.854. The van der Waals surface area contributed by atoms with E-state index in [1.165, 1.54) is 38.5 Å². The Morgan fingerprint density at radius 1 is 0.727 bits per heavy atom. The van der Waals surface area contributed by atoms with Crippen LogP contribution < -0.4 is 0 Å². The van der Waals surface area contributed by atoms with E-state index < -0.39 is 20.6 Å². The number of rotatable bonds is 7. The predicted octanol–water partition coefficient (Wildman–Crippen LogP) is 5.86. The van der Waals surface area contributed by atoms with Crippen molar-refractivity contribution in [3.63, 3.8) is 0 Å². The number of aliphatic carboxylic acids is 2. The average molecular weight is 448 g/mol. The lowest BCUT2D eigenvalue weighted by Crippen LogP contribution is -2.22. The van der Waals surface area contributed by atoms with Crippen molar-refractivity contribution in [1.82, 2.24) is 0 Å². The monoisotopic (exact) mass is 446 g/mol. The minimum Gasteiger partial charge on any atom is -0.480 e. The van der Waals surface area contributed by atoms with Gasteiger partial charge < -0.3 is 10.2 Å². The van der Waals surface area contributed by atoms with Crippen LogP contribution in [0.3, 0.4) is 0 Å². The van der Waals surface area contributed by atoms with E-state index in [1.54, 1.807) is 27.7 Å². The van der Waals surface area contributed by atoms with Crippen LogP contribution in [0.5, 0.6) is 0 Å². The molecule has 0 aromatic rings. The van der Waals surface area contributed by atoms with Gasteiger partial charge in [0, 0.05) is 0 Å². The highest BCUT2D eigenvalue weighted by Crippen LogP contribution is 2.14. The van der Waals surface area contributed by atoms with Gasteiger partial charge in [-0.3, -0.25) is 9.59 Å². The Kier molecular flexibility index (Phi) is 17.6. The van der Waals surface area contributed by atoms with E-state index in [0.717, 1.165) is 0 Å². The lowest BCUT2D eigenvalue weighted by molar-refractivity contribution is -0.139. The molecule has 0 aromatic heterocycles. The zero-order chi connectivity index (χ0) is 18.4. The van der Waals surface area contributed by atoms with Crippen LogP contribution in [-0.2, 0) is 9.59 Å². The summed E-state index contributed by atoms with van der Waals surface area (Å²) >= 11 is 5.89. The first-order chi connectivity index (χ1) is 9.80. The summed E-state index contributed by atoms with van der Waals surface area (Å²) in [6, 6.07) is 0. The summed E-state index contributed by atoms with van der Waals surface area (Å²) in [7, 11) is 0. The summed E-state index contributed by atoms with van der Waals surface area (Å²) in [5.41, 5.74) is 0. The number of alkyl halides is 2. The molecule has 0 aliphatic carbocycles. The Morgan fingerprint density at radius 3 is 1.00 bits per heavy atom. The maximum Gasteiger partial charge on any atom is 0.319 e. The van der Waals surface area contributed by atoms with Crippen molar-refractivity contribution in [1.29, 1.82) is 0 Å². The first-order valence-corrected chi connectivity index (χ1v) is 9.23. The molecule has 0 aliphatic rings. The van der Waals surface area contributed by atoms with Crippen molar-refractivity contribution < 1.29 is 19.8 Å². The van der Waals surface area contributed by atoms with Crippen molar-refractivity contribution in [2.75, 3.05) is 0 Å². The van der Waals surface area contributed by atoms with Gasteiger partial charge in [0.2, 0.25) is 0 Å². The van der Waals surface area contributed by atoms with Crippen LogP contribution in [0.25, 0.3) is 0 Å².